The van der Waals surface area contributed by atoms with Gasteiger partial charge in [-0.2, -0.15) is 9.78 Å². The molecule has 0 radical (unpaired) electrons. The number of sulfonamides is 1. The molecule has 1 aliphatic rings. The van der Waals surface area contributed by atoms with Gasteiger partial charge in [0.25, 0.3) is 11.6 Å². The molecule has 2 heterocycles. The van der Waals surface area contributed by atoms with E-state index in [1.807, 2.05) is 45.9 Å². The quantitative estimate of drug-likeness (QED) is 0.249. The van der Waals surface area contributed by atoms with E-state index < -0.39 is 31.4 Å². The van der Waals surface area contributed by atoms with Gasteiger partial charge in [-0.25, -0.2) is 13.1 Å². The Kier molecular flexibility index (Phi) is 9.10. The highest BCUT2D eigenvalue weighted by Crippen LogP contribution is 2.36. The maximum absolute atomic E-state index is 13.3. The van der Waals surface area contributed by atoms with Crippen LogP contribution in [0.5, 0.6) is 11.6 Å². The number of nitro groups is 1. The fourth-order valence-corrected chi connectivity index (χ4v) is 5.74. The third kappa shape index (κ3) is 6.92. The Morgan fingerprint density at radius 2 is 1.98 bits per heavy atom. The van der Waals surface area contributed by atoms with Crippen LogP contribution in [0.2, 0.25) is 0 Å². The lowest BCUT2D eigenvalue weighted by Crippen LogP contribution is -2.32. The fraction of sp³-hybridized carbons (Fsp3) is 0.429. The minimum absolute atomic E-state index is 0.00323. The number of nitrogens with one attached hydrogen (secondary N) is 2. The van der Waals surface area contributed by atoms with Gasteiger partial charge in [-0.15, -0.1) is 0 Å². The number of hydrogen-bond donors (Lipinski definition) is 2. The first kappa shape index (κ1) is 30.2. The van der Waals surface area contributed by atoms with Crippen LogP contribution in [0.15, 0.2) is 41.3 Å². The highest BCUT2D eigenvalue weighted by atomic mass is 32.2. The van der Waals surface area contributed by atoms with Crippen molar-refractivity contribution in [2.24, 2.45) is 5.92 Å². The minimum atomic E-state index is -4.20. The van der Waals surface area contributed by atoms with Crippen molar-refractivity contribution in [1.29, 1.82) is 0 Å². The van der Waals surface area contributed by atoms with E-state index in [2.05, 4.69) is 15.1 Å². The van der Waals surface area contributed by atoms with E-state index in [4.69, 9.17) is 9.47 Å². The summed E-state index contributed by atoms with van der Waals surface area (Å²) in [5, 5.41) is 19.0. The molecule has 0 saturated carbocycles. The zero-order valence-corrected chi connectivity index (χ0v) is 24.6. The summed E-state index contributed by atoms with van der Waals surface area (Å²) < 4.78 is 42.3. The van der Waals surface area contributed by atoms with Crippen molar-refractivity contribution in [3.8, 4) is 17.3 Å². The molecule has 1 saturated heterocycles. The molecule has 3 aromatic rings. The molecule has 13 heteroatoms. The standard InChI is InChI=1S/C28H35N5O7S/c1-17(2)15-30-41(37,38)25-14-21(33(35)36)10-11-24(25)40-28-20(5)26(27(34)29-16-22-7-6-12-39-22)31-32(28)23-13-18(3)8-9-19(23)4/h8-11,13-14,17,22,30H,6-7,12,15-16H2,1-5H3,(H,29,34). The van der Waals surface area contributed by atoms with Crippen LogP contribution in [0.1, 0.15) is 53.9 Å². The molecule has 0 aliphatic carbocycles. The summed E-state index contributed by atoms with van der Waals surface area (Å²) in [6.45, 7) is 10.2. The predicted molar refractivity (Wildman–Crippen MR) is 152 cm³/mol. The number of amides is 1. The smallest absolute Gasteiger partial charge is 0.272 e. The van der Waals surface area contributed by atoms with Crippen LogP contribution in [0.25, 0.3) is 5.69 Å². The third-order valence-electron chi connectivity index (χ3n) is 6.71. The summed E-state index contributed by atoms with van der Waals surface area (Å²) >= 11 is 0. The van der Waals surface area contributed by atoms with Crippen molar-refractivity contribution in [3.05, 3.63) is 68.9 Å². The van der Waals surface area contributed by atoms with Crippen molar-refractivity contribution in [3.63, 3.8) is 0 Å². The number of aromatic nitrogens is 2. The van der Waals surface area contributed by atoms with Crippen LogP contribution in [-0.4, -0.2) is 54.8 Å². The number of carbonyl (C=O) groups is 1. The third-order valence-corrected chi connectivity index (χ3v) is 8.15. The van der Waals surface area contributed by atoms with Crippen LogP contribution < -0.4 is 14.8 Å². The number of rotatable bonds is 11. The van der Waals surface area contributed by atoms with E-state index >= 15 is 0 Å². The van der Waals surface area contributed by atoms with Crippen LogP contribution >= 0.6 is 0 Å². The minimum Gasteiger partial charge on any atom is -0.437 e. The van der Waals surface area contributed by atoms with Gasteiger partial charge in [0.05, 0.1) is 16.7 Å². The Hall–Kier alpha value is -3.81. The van der Waals surface area contributed by atoms with Gasteiger partial charge < -0.3 is 14.8 Å². The average Bonchev–Trinajstić information content (AvgIpc) is 3.56. The summed E-state index contributed by atoms with van der Waals surface area (Å²) in [4.78, 5) is 23.7. The Labute approximate surface area is 239 Å². The molecule has 1 unspecified atom stereocenters. The van der Waals surface area contributed by atoms with Gasteiger partial charge in [0, 0.05) is 37.4 Å². The first-order valence-electron chi connectivity index (χ1n) is 13.4. The number of benzene rings is 2. The molecule has 4 rings (SSSR count). The molecule has 12 nitrogen and oxygen atoms in total. The van der Waals surface area contributed by atoms with Gasteiger partial charge in [0.2, 0.25) is 15.9 Å². The van der Waals surface area contributed by atoms with Crippen LogP contribution in [0, 0.1) is 36.8 Å². The Morgan fingerprint density at radius 1 is 1.22 bits per heavy atom. The van der Waals surface area contributed by atoms with Crippen LogP contribution in [-0.2, 0) is 14.8 Å². The van der Waals surface area contributed by atoms with E-state index in [1.54, 1.807) is 6.92 Å². The number of non-ortho nitro benzene ring substituents is 1. The van der Waals surface area contributed by atoms with Crippen molar-refractivity contribution < 1.29 is 27.6 Å². The van der Waals surface area contributed by atoms with Gasteiger partial charge in [-0.1, -0.05) is 26.0 Å². The molecule has 1 fully saturated rings. The van der Waals surface area contributed by atoms with Crippen molar-refractivity contribution >= 4 is 21.6 Å². The lowest BCUT2D eigenvalue weighted by atomic mass is 10.1. The monoisotopic (exact) mass is 585 g/mol. The Bertz CT molecular complexity index is 1560. The Morgan fingerprint density at radius 3 is 2.63 bits per heavy atom. The highest BCUT2D eigenvalue weighted by molar-refractivity contribution is 7.89. The molecule has 1 aromatic heterocycles. The van der Waals surface area contributed by atoms with E-state index in [0.29, 0.717) is 24.4 Å². The molecular weight excluding hydrogens is 550 g/mol. The average molecular weight is 586 g/mol. The molecule has 1 aliphatic heterocycles. The SMILES string of the molecule is Cc1ccc(C)c(-n2nc(C(=O)NCC3CCCO3)c(C)c2Oc2ccc([N+](=O)[O-])cc2S(=O)(=O)NCC(C)C)c1. The summed E-state index contributed by atoms with van der Waals surface area (Å²) in [6.07, 6.45) is 1.72. The second kappa shape index (κ2) is 12.4. The zero-order valence-electron chi connectivity index (χ0n) is 23.8. The van der Waals surface area contributed by atoms with Gasteiger partial charge >= 0.3 is 0 Å². The number of nitro benzene ring substituents is 1. The number of nitrogens with zero attached hydrogens (tertiary/aromatic N) is 3. The molecule has 0 spiro atoms. The van der Waals surface area contributed by atoms with Crippen molar-refractivity contribution in [1.82, 2.24) is 19.8 Å². The molecule has 41 heavy (non-hydrogen) atoms. The second-order valence-electron chi connectivity index (χ2n) is 10.6. The summed E-state index contributed by atoms with van der Waals surface area (Å²) in [5.41, 5.74) is 2.47. The normalized spacial score (nSPS) is 15.3. The molecular formula is C28H35N5O7S. The second-order valence-corrected chi connectivity index (χ2v) is 12.3. The summed E-state index contributed by atoms with van der Waals surface area (Å²) in [6, 6.07) is 9.08. The molecule has 0 bridgehead atoms. The van der Waals surface area contributed by atoms with Crippen molar-refractivity contribution in [2.45, 2.75) is 58.5 Å². The van der Waals surface area contributed by atoms with E-state index in [-0.39, 0.29) is 35.9 Å². The van der Waals surface area contributed by atoms with Gasteiger partial charge in [0.15, 0.2) is 5.69 Å². The van der Waals surface area contributed by atoms with Gasteiger partial charge in [0.1, 0.15) is 10.6 Å². The lowest BCUT2D eigenvalue weighted by Gasteiger charge is -2.16. The first-order chi connectivity index (χ1) is 19.4. The number of aryl methyl sites for hydroxylation is 2. The van der Waals surface area contributed by atoms with E-state index in [9.17, 15) is 23.3 Å². The van der Waals surface area contributed by atoms with E-state index in [1.165, 1.54) is 16.8 Å². The number of hydrogen-bond acceptors (Lipinski definition) is 8. The molecule has 220 valence electrons. The summed E-state index contributed by atoms with van der Waals surface area (Å²) in [5.74, 6) is -0.471. The largest absolute Gasteiger partial charge is 0.437 e. The van der Waals surface area contributed by atoms with Crippen LogP contribution in [0.4, 0.5) is 5.69 Å². The molecule has 1 amide bonds. The van der Waals surface area contributed by atoms with Crippen molar-refractivity contribution in [2.75, 3.05) is 19.7 Å². The lowest BCUT2D eigenvalue weighted by molar-refractivity contribution is -0.385. The van der Waals surface area contributed by atoms with Gasteiger partial charge in [-0.3, -0.25) is 14.9 Å². The summed E-state index contributed by atoms with van der Waals surface area (Å²) in [7, 11) is -4.20. The highest BCUT2D eigenvalue weighted by Gasteiger charge is 2.29. The molecule has 1 atom stereocenters. The molecule has 2 N–H and O–H groups in total. The zero-order chi connectivity index (χ0) is 29.9. The number of ether oxygens (including phenoxy) is 2. The fourth-order valence-electron chi connectivity index (χ4n) is 4.39. The first-order valence-corrected chi connectivity index (χ1v) is 14.9. The van der Waals surface area contributed by atoms with Gasteiger partial charge in [-0.05, 0) is 62.8 Å². The number of carbonyl (C=O) groups excluding carboxylic acids is 1. The maximum atomic E-state index is 13.3. The topological polar surface area (TPSA) is 155 Å². The maximum Gasteiger partial charge on any atom is 0.272 e. The predicted octanol–water partition coefficient (Wildman–Crippen LogP) is 4.34. The Balaban J connectivity index is 1.81. The van der Waals surface area contributed by atoms with Crippen LogP contribution in [0.3, 0.4) is 0 Å². The molecule has 2 aromatic carbocycles. The van der Waals surface area contributed by atoms with E-state index in [0.717, 1.165) is 30.0 Å².